The summed E-state index contributed by atoms with van der Waals surface area (Å²) in [6.07, 6.45) is 0. The average Bonchev–Trinajstić information content (AvgIpc) is 2.15. The lowest BCUT2D eigenvalue weighted by Gasteiger charge is -2.19. The second-order valence-electron chi connectivity index (χ2n) is 4.72. The Kier molecular flexibility index (Phi) is 2.95. The molecule has 0 bridgehead atoms. The van der Waals surface area contributed by atoms with Gasteiger partial charge < -0.3 is 0 Å². The molecule has 0 unspecified atom stereocenters. The van der Waals surface area contributed by atoms with Crippen molar-refractivity contribution in [3.05, 3.63) is 34.9 Å². The first-order valence-corrected chi connectivity index (χ1v) is 4.92. The molecule has 0 aliphatic heterocycles. The van der Waals surface area contributed by atoms with E-state index in [9.17, 15) is 4.79 Å². The molecule has 0 N–H and O–H groups in total. The second kappa shape index (κ2) is 3.86. The van der Waals surface area contributed by atoms with E-state index in [1.807, 2.05) is 19.1 Å². The Morgan fingerprint density at radius 1 is 1.33 bits per heavy atom. The number of carbonyl (C=O) groups is 1. The molecule has 0 spiro atoms. The number of Topliss-reactive ketones (excluding diaryl/α,β-unsaturated/α-hetero) is 1. The first-order valence-electron chi connectivity index (χ1n) is 4.92. The highest BCUT2D eigenvalue weighted by molar-refractivity contribution is 6.08. The molecule has 0 saturated heterocycles. The average molecular weight is 201 g/mol. The van der Waals surface area contributed by atoms with E-state index >= 15 is 0 Å². The van der Waals surface area contributed by atoms with Gasteiger partial charge in [0.15, 0.2) is 0 Å². The van der Waals surface area contributed by atoms with Gasteiger partial charge in [-0.3, -0.25) is 4.79 Å². The standard InChI is InChI=1S/C13H15NO/c1-9-7-10(13(2,3)4)5-6-11(9)12(15)8-14/h5-7H,1-4H3. The van der Waals surface area contributed by atoms with Crippen LogP contribution in [0.2, 0.25) is 0 Å². The van der Waals surface area contributed by atoms with Gasteiger partial charge in [-0.1, -0.05) is 32.9 Å². The highest BCUT2D eigenvalue weighted by Gasteiger charge is 2.16. The minimum Gasteiger partial charge on any atom is -0.277 e. The maximum absolute atomic E-state index is 11.2. The van der Waals surface area contributed by atoms with Gasteiger partial charge in [-0.2, -0.15) is 5.26 Å². The summed E-state index contributed by atoms with van der Waals surface area (Å²) in [5.41, 5.74) is 2.62. The van der Waals surface area contributed by atoms with Crippen LogP contribution in [0.4, 0.5) is 0 Å². The molecule has 1 aromatic carbocycles. The number of hydrogen-bond donors (Lipinski definition) is 0. The smallest absolute Gasteiger partial charge is 0.262 e. The highest BCUT2D eigenvalue weighted by Crippen LogP contribution is 2.24. The molecule has 0 aliphatic rings. The Balaban J connectivity index is 3.22. The predicted molar refractivity (Wildman–Crippen MR) is 59.8 cm³/mol. The Morgan fingerprint density at radius 2 is 1.93 bits per heavy atom. The number of hydrogen-bond acceptors (Lipinski definition) is 2. The Bertz CT molecular complexity index is 433. The zero-order valence-electron chi connectivity index (χ0n) is 9.59. The van der Waals surface area contributed by atoms with Crippen molar-refractivity contribution in [3.63, 3.8) is 0 Å². The van der Waals surface area contributed by atoms with Gasteiger partial charge in [0, 0.05) is 5.56 Å². The SMILES string of the molecule is Cc1cc(C(C)(C)C)ccc1C(=O)C#N. The summed E-state index contributed by atoms with van der Waals surface area (Å²) in [4.78, 5) is 11.2. The van der Waals surface area contributed by atoms with Crippen molar-refractivity contribution >= 4 is 5.78 Å². The van der Waals surface area contributed by atoms with Crippen LogP contribution in [0, 0.1) is 18.3 Å². The first kappa shape index (κ1) is 11.5. The molecule has 2 nitrogen and oxygen atoms in total. The van der Waals surface area contributed by atoms with Gasteiger partial charge in [0.1, 0.15) is 6.07 Å². The Hall–Kier alpha value is -1.62. The molecule has 0 heterocycles. The molecular weight excluding hydrogens is 186 g/mol. The molecule has 15 heavy (non-hydrogen) atoms. The fourth-order valence-electron chi connectivity index (χ4n) is 1.45. The van der Waals surface area contributed by atoms with Gasteiger partial charge in [-0.05, 0) is 29.5 Å². The normalized spacial score (nSPS) is 10.9. The van der Waals surface area contributed by atoms with Crippen molar-refractivity contribution in [3.8, 4) is 6.07 Å². The third kappa shape index (κ3) is 2.44. The maximum atomic E-state index is 11.2. The van der Waals surface area contributed by atoms with Crippen LogP contribution in [0.25, 0.3) is 0 Å². The van der Waals surface area contributed by atoms with Crippen LogP contribution in [-0.4, -0.2) is 5.78 Å². The summed E-state index contributed by atoms with van der Waals surface area (Å²) in [5, 5.41) is 8.54. The summed E-state index contributed by atoms with van der Waals surface area (Å²) in [7, 11) is 0. The molecule has 78 valence electrons. The van der Waals surface area contributed by atoms with Crippen LogP contribution in [0.15, 0.2) is 18.2 Å². The van der Waals surface area contributed by atoms with Crippen LogP contribution in [0.5, 0.6) is 0 Å². The molecule has 0 amide bonds. The van der Waals surface area contributed by atoms with E-state index < -0.39 is 5.78 Å². The van der Waals surface area contributed by atoms with E-state index in [0.717, 1.165) is 5.56 Å². The minimum absolute atomic E-state index is 0.0684. The molecule has 1 aromatic rings. The molecule has 0 saturated carbocycles. The quantitative estimate of drug-likeness (QED) is 0.517. The van der Waals surface area contributed by atoms with Crippen molar-refractivity contribution in [1.82, 2.24) is 0 Å². The number of rotatable bonds is 1. The number of ketones is 1. The van der Waals surface area contributed by atoms with Gasteiger partial charge in [-0.25, -0.2) is 0 Å². The highest BCUT2D eigenvalue weighted by atomic mass is 16.1. The van der Waals surface area contributed by atoms with Gasteiger partial charge in [0.25, 0.3) is 5.78 Å². The first-order chi connectivity index (χ1) is 6.86. The summed E-state index contributed by atoms with van der Waals surface area (Å²) in [5.74, 6) is -0.465. The summed E-state index contributed by atoms with van der Waals surface area (Å²) in [6, 6.07) is 7.27. The zero-order valence-corrected chi connectivity index (χ0v) is 9.59. The van der Waals surface area contributed by atoms with E-state index in [4.69, 9.17) is 5.26 Å². The molecule has 0 fully saturated rings. The fraction of sp³-hybridized carbons (Fsp3) is 0.385. The summed E-state index contributed by atoms with van der Waals surface area (Å²) in [6.45, 7) is 8.22. The van der Waals surface area contributed by atoms with Crippen molar-refractivity contribution < 1.29 is 4.79 Å². The fourth-order valence-corrected chi connectivity index (χ4v) is 1.45. The molecule has 0 aromatic heterocycles. The number of nitriles is 1. The van der Waals surface area contributed by atoms with E-state index in [1.165, 1.54) is 5.56 Å². The molecule has 0 radical (unpaired) electrons. The maximum Gasteiger partial charge on any atom is 0.262 e. The third-order valence-electron chi connectivity index (χ3n) is 2.44. The van der Waals surface area contributed by atoms with E-state index in [1.54, 1.807) is 12.1 Å². The number of aryl methyl sites for hydroxylation is 1. The monoisotopic (exact) mass is 201 g/mol. The summed E-state index contributed by atoms with van der Waals surface area (Å²) >= 11 is 0. The predicted octanol–water partition coefficient (Wildman–Crippen LogP) is 3.00. The van der Waals surface area contributed by atoms with Gasteiger partial charge in [-0.15, -0.1) is 0 Å². The van der Waals surface area contributed by atoms with Crippen molar-refractivity contribution in [2.75, 3.05) is 0 Å². The molecule has 0 aliphatic carbocycles. The van der Waals surface area contributed by atoms with Gasteiger partial charge in [0.2, 0.25) is 0 Å². The lowest BCUT2D eigenvalue weighted by Crippen LogP contribution is -2.12. The molecule has 2 heteroatoms. The number of nitrogens with zero attached hydrogens (tertiary/aromatic N) is 1. The van der Waals surface area contributed by atoms with Crippen LogP contribution >= 0.6 is 0 Å². The summed E-state index contributed by atoms with van der Waals surface area (Å²) < 4.78 is 0. The molecular formula is C13H15NO. The molecule has 1 rings (SSSR count). The van der Waals surface area contributed by atoms with Crippen molar-refractivity contribution in [2.45, 2.75) is 33.1 Å². The second-order valence-corrected chi connectivity index (χ2v) is 4.72. The van der Waals surface area contributed by atoms with Crippen molar-refractivity contribution in [2.24, 2.45) is 0 Å². The van der Waals surface area contributed by atoms with Gasteiger partial charge in [0.05, 0.1) is 0 Å². The van der Waals surface area contributed by atoms with Crippen LogP contribution < -0.4 is 0 Å². The third-order valence-corrected chi connectivity index (χ3v) is 2.44. The van der Waals surface area contributed by atoms with Crippen molar-refractivity contribution in [1.29, 1.82) is 5.26 Å². The number of benzene rings is 1. The minimum atomic E-state index is -0.465. The zero-order chi connectivity index (χ0) is 11.6. The molecule has 0 atom stereocenters. The van der Waals surface area contributed by atoms with Crippen LogP contribution in [-0.2, 0) is 5.41 Å². The van der Waals surface area contributed by atoms with Crippen LogP contribution in [0.1, 0.15) is 42.3 Å². The largest absolute Gasteiger partial charge is 0.277 e. The van der Waals surface area contributed by atoms with Gasteiger partial charge >= 0.3 is 0 Å². The topological polar surface area (TPSA) is 40.9 Å². The Morgan fingerprint density at radius 3 is 2.33 bits per heavy atom. The lowest BCUT2D eigenvalue weighted by atomic mass is 9.85. The van der Waals surface area contributed by atoms with E-state index in [0.29, 0.717) is 5.56 Å². The van der Waals surface area contributed by atoms with E-state index in [-0.39, 0.29) is 5.41 Å². The Labute approximate surface area is 90.5 Å². The van der Waals surface area contributed by atoms with E-state index in [2.05, 4.69) is 20.8 Å². The number of carbonyl (C=O) groups excluding carboxylic acids is 1. The lowest BCUT2D eigenvalue weighted by molar-refractivity contribution is 0.105. The van der Waals surface area contributed by atoms with Crippen LogP contribution in [0.3, 0.4) is 0 Å².